The third-order valence-electron chi connectivity index (χ3n) is 4.20. The summed E-state index contributed by atoms with van der Waals surface area (Å²) in [5.41, 5.74) is 7.84. The topological polar surface area (TPSA) is 29.3 Å². The molecule has 2 N–H and O–H groups in total. The number of piperidine rings is 1. The molecule has 1 heterocycles. The molecule has 0 spiro atoms. The zero-order valence-electron chi connectivity index (χ0n) is 10.7. The van der Waals surface area contributed by atoms with E-state index >= 15 is 0 Å². The van der Waals surface area contributed by atoms with Gasteiger partial charge in [-0.25, -0.2) is 0 Å². The molecule has 1 saturated heterocycles. The second-order valence-corrected chi connectivity index (χ2v) is 5.47. The van der Waals surface area contributed by atoms with Crippen molar-refractivity contribution in [3.63, 3.8) is 0 Å². The normalized spacial score (nSPS) is 26.1. The van der Waals surface area contributed by atoms with E-state index in [2.05, 4.69) is 41.0 Å². The highest BCUT2D eigenvalue weighted by molar-refractivity contribution is 5.36. The van der Waals surface area contributed by atoms with Gasteiger partial charge in [0.1, 0.15) is 0 Å². The molecule has 2 fully saturated rings. The predicted molar refractivity (Wildman–Crippen MR) is 73.9 cm³/mol. The molecular weight excluding hydrogens is 220 g/mol. The summed E-state index contributed by atoms with van der Waals surface area (Å²) in [5.74, 6) is 6.93. The van der Waals surface area contributed by atoms with Crippen LogP contribution in [0.5, 0.6) is 0 Å². The Kier molecular flexibility index (Phi) is 3.36. The summed E-state index contributed by atoms with van der Waals surface area (Å²) in [6.45, 7) is 2.84. The maximum Gasteiger partial charge on any atom is 0.0555 e. The summed E-state index contributed by atoms with van der Waals surface area (Å²) in [6, 6.07) is 9.46. The molecule has 2 unspecified atom stereocenters. The van der Waals surface area contributed by atoms with E-state index in [1.54, 1.807) is 0 Å². The number of likely N-dealkylation sites (tertiary alicyclic amines) is 1. The van der Waals surface area contributed by atoms with Gasteiger partial charge in [0.2, 0.25) is 0 Å². The van der Waals surface area contributed by atoms with Crippen LogP contribution in [0, 0.1) is 17.8 Å². The lowest BCUT2D eigenvalue weighted by Crippen LogP contribution is -2.31. The molecule has 1 aliphatic carbocycles. The van der Waals surface area contributed by atoms with Crippen LogP contribution >= 0.6 is 0 Å². The van der Waals surface area contributed by atoms with E-state index in [0.29, 0.717) is 6.54 Å². The van der Waals surface area contributed by atoms with Gasteiger partial charge in [0.15, 0.2) is 0 Å². The fraction of sp³-hybridized carbons (Fsp3) is 0.500. The Morgan fingerprint density at radius 3 is 2.67 bits per heavy atom. The van der Waals surface area contributed by atoms with Crippen molar-refractivity contribution in [2.45, 2.75) is 31.8 Å². The van der Waals surface area contributed by atoms with Gasteiger partial charge in [0.05, 0.1) is 6.54 Å². The van der Waals surface area contributed by atoms with Crippen molar-refractivity contribution in [3.8, 4) is 11.8 Å². The van der Waals surface area contributed by atoms with Crippen LogP contribution in [0.3, 0.4) is 0 Å². The van der Waals surface area contributed by atoms with Crippen LogP contribution in [0.2, 0.25) is 0 Å². The molecule has 1 aromatic rings. The van der Waals surface area contributed by atoms with Crippen LogP contribution < -0.4 is 5.73 Å². The van der Waals surface area contributed by atoms with Gasteiger partial charge in [-0.05, 0) is 42.9 Å². The van der Waals surface area contributed by atoms with Crippen LogP contribution in [0.15, 0.2) is 24.3 Å². The molecule has 94 valence electrons. The average molecular weight is 240 g/mol. The SMILES string of the molecule is NCC#Cc1ccc(CN2CC3CCC2C3)cc1. The van der Waals surface area contributed by atoms with Crippen LogP contribution in [0.25, 0.3) is 0 Å². The standard InChI is InChI=1S/C16H20N2/c17-9-1-2-13-3-5-14(6-4-13)11-18-12-15-7-8-16(18)10-15/h3-6,15-16H,7-12,17H2. The van der Waals surface area contributed by atoms with Crippen molar-refractivity contribution in [3.05, 3.63) is 35.4 Å². The lowest BCUT2D eigenvalue weighted by molar-refractivity contribution is 0.205. The molecule has 1 saturated carbocycles. The fourth-order valence-corrected chi connectivity index (χ4v) is 3.30. The third kappa shape index (κ3) is 2.43. The number of benzene rings is 1. The summed E-state index contributed by atoms with van der Waals surface area (Å²) in [6.07, 6.45) is 4.29. The van der Waals surface area contributed by atoms with Crippen molar-refractivity contribution in [2.75, 3.05) is 13.1 Å². The van der Waals surface area contributed by atoms with E-state index in [-0.39, 0.29) is 0 Å². The molecule has 3 rings (SSSR count). The zero-order chi connectivity index (χ0) is 12.4. The first-order chi connectivity index (χ1) is 8.85. The molecule has 18 heavy (non-hydrogen) atoms. The van der Waals surface area contributed by atoms with Crippen LogP contribution in [-0.4, -0.2) is 24.0 Å². The van der Waals surface area contributed by atoms with Gasteiger partial charge in [-0.15, -0.1) is 0 Å². The minimum absolute atomic E-state index is 0.429. The number of nitrogens with two attached hydrogens (primary N) is 1. The average Bonchev–Trinajstić information content (AvgIpc) is 3.00. The molecule has 0 amide bonds. The van der Waals surface area contributed by atoms with Crippen molar-refractivity contribution < 1.29 is 0 Å². The first kappa shape index (κ1) is 11.8. The fourth-order valence-electron chi connectivity index (χ4n) is 3.30. The molecule has 2 aliphatic rings. The molecule has 1 aromatic carbocycles. The van der Waals surface area contributed by atoms with Gasteiger partial charge >= 0.3 is 0 Å². The van der Waals surface area contributed by atoms with Crippen LogP contribution in [0.1, 0.15) is 30.4 Å². The zero-order valence-corrected chi connectivity index (χ0v) is 10.7. The Morgan fingerprint density at radius 1 is 1.22 bits per heavy atom. The number of hydrogen-bond donors (Lipinski definition) is 1. The Labute approximate surface area is 109 Å². The number of hydrogen-bond acceptors (Lipinski definition) is 2. The Bertz CT molecular complexity index is 466. The van der Waals surface area contributed by atoms with Gasteiger partial charge in [-0.3, -0.25) is 4.90 Å². The quantitative estimate of drug-likeness (QED) is 0.801. The van der Waals surface area contributed by atoms with Crippen molar-refractivity contribution >= 4 is 0 Å². The first-order valence-electron chi connectivity index (χ1n) is 6.87. The van der Waals surface area contributed by atoms with Crippen LogP contribution in [-0.2, 0) is 6.54 Å². The Balaban J connectivity index is 1.63. The summed E-state index contributed by atoms with van der Waals surface area (Å²) in [4.78, 5) is 2.65. The van der Waals surface area contributed by atoms with Crippen LogP contribution in [0.4, 0.5) is 0 Å². The molecule has 2 atom stereocenters. The van der Waals surface area contributed by atoms with E-state index in [0.717, 1.165) is 24.1 Å². The van der Waals surface area contributed by atoms with E-state index in [1.165, 1.54) is 31.4 Å². The second-order valence-electron chi connectivity index (χ2n) is 5.47. The van der Waals surface area contributed by atoms with Gasteiger partial charge < -0.3 is 5.73 Å². The Hall–Kier alpha value is -1.30. The van der Waals surface area contributed by atoms with Crippen molar-refractivity contribution in [2.24, 2.45) is 11.7 Å². The minimum atomic E-state index is 0.429. The molecule has 1 aliphatic heterocycles. The number of fused-ring (bicyclic) bond motifs is 2. The maximum absolute atomic E-state index is 5.37. The summed E-state index contributed by atoms with van der Waals surface area (Å²) in [5, 5.41) is 0. The lowest BCUT2D eigenvalue weighted by Gasteiger charge is -2.26. The van der Waals surface area contributed by atoms with Gasteiger partial charge in [0, 0.05) is 24.7 Å². The summed E-state index contributed by atoms with van der Waals surface area (Å²) >= 11 is 0. The Morgan fingerprint density at radius 2 is 2.06 bits per heavy atom. The highest BCUT2D eigenvalue weighted by atomic mass is 15.2. The maximum atomic E-state index is 5.37. The van der Waals surface area contributed by atoms with E-state index in [4.69, 9.17) is 5.73 Å². The molecule has 2 heteroatoms. The largest absolute Gasteiger partial charge is 0.320 e. The van der Waals surface area contributed by atoms with E-state index in [9.17, 15) is 0 Å². The molecular formula is C16H20N2. The van der Waals surface area contributed by atoms with E-state index in [1.807, 2.05) is 0 Å². The van der Waals surface area contributed by atoms with Gasteiger partial charge in [-0.2, -0.15) is 0 Å². The second kappa shape index (κ2) is 5.14. The number of nitrogens with zero attached hydrogens (tertiary/aromatic N) is 1. The number of rotatable bonds is 2. The van der Waals surface area contributed by atoms with Gasteiger partial charge in [0.25, 0.3) is 0 Å². The highest BCUT2D eigenvalue weighted by Gasteiger charge is 2.37. The molecule has 0 radical (unpaired) electrons. The predicted octanol–water partition coefficient (Wildman–Crippen LogP) is 1.98. The third-order valence-corrected chi connectivity index (χ3v) is 4.20. The molecule has 2 bridgehead atoms. The van der Waals surface area contributed by atoms with Crippen molar-refractivity contribution in [1.29, 1.82) is 0 Å². The molecule has 0 aromatic heterocycles. The summed E-state index contributed by atoms with van der Waals surface area (Å²) in [7, 11) is 0. The molecule has 2 nitrogen and oxygen atoms in total. The van der Waals surface area contributed by atoms with E-state index < -0.39 is 0 Å². The highest BCUT2D eigenvalue weighted by Crippen LogP contribution is 2.37. The summed E-state index contributed by atoms with van der Waals surface area (Å²) < 4.78 is 0. The van der Waals surface area contributed by atoms with Crippen molar-refractivity contribution in [1.82, 2.24) is 4.90 Å². The monoisotopic (exact) mass is 240 g/mol. The minimum Gasteiger partial charge on any atom is -0.320 e. The van der Waals surface area contributed by atoms with Gasteiger partial charge in [-0.1, -0.05) is 24.0 Å². The lowest BCUT2D eigenvalue weighted by atomic mass is 10.1. The first-order valence-corrected chi connectivity index (χ1v) is 6.87. The smallest absolute Gasteiger partial charge is 0.0555 e.